The number of nitrogens with zero attached hydrogens (tertiary/aromatic N) is 2. The highest BCUT2D eigenvalue weighted by Gasteiger charge is 2.30. The number of hydrogen-bond acceptors (Lipinski definition) is 6. The van der Waals surface area contributed by atoms with Gasteiger partial charge in [-0.3, -0.25) is 13.9 Å². The Kier molecular flexibility index (Phi) is 12.3. The molecule has 1 N–H and O–H groups in total. The summed E-state index contributed by atoms with van der Waals surface area (Å²) in [6.45, 7) is 4.70. The Bertz CT molecular complexity index is 1230. The molecule has 0 heterocycles. The number of carbonyl (C=O) groups excluding carboxylic acids is 2. The third-order valence-electron chi connectivity index (χ3n) is 7.41. The number of methoxy groups -OCH3 is 1. The van der Waals surface area contributed by atoms with E-state index in [-0.39, 0.29) is 37.4 Å². The molecule has 1 saturated carbocycles. The van der Waals surface area contributed by atoms with Crippen LogP contribution < -0.4 is 19.1 Å². The monoisotopic (exact) mass is 587 g/mol. The molecule has 41 heavy (non-hydrogen) atoms. The molecule has 1 aliphatic carbocycles. The van der Waals surface area contributed by atoms with Gasteiger partial charge in [-0.15, -0.1) is 0 Å². The topological polar surface area (TPSA) is 105 Å². The average molecular weight is 588 g/mol. The fourth-order valence-electron chi connectivity index (χ4n) is 5.31. The third-order valence-corrected chi connectivity index (χ3v) is 8.61. The zero-order valence-electron chi connectivity index (χ0n) is 24.8. The van der Waals surface area contributed by atoms with Crippen molar-refractivity contribution in [1.29, 1.82) is 0 Å². The summed E-state index contributed by atoms with van der Waals surface area (Å²) >= 11 is 0. The molecule has 2 aromatic rings. The maximum Gasteiger partial charge on any atom is 0.243 e. The van der Waals surface area contributed by atoms with E-state index >= 15 is 0 Å². The van der Waals surface area contributed by atoms with Crippen LogP contribution in [0.1, 0.15) is 70.8 Å². The van der Waals surface area contributed by atoms with Crippen LogP contribution in [0.4, 0.5) is 5.69 Å². The Balaban J connectivity index is 1.76. The Morgan fingerprint density at radius 2 is 1.73 bits per heavy atom. The van der Waals surface area contributed by atoms with E-state index in [4.69, 9.17) is 9.47 Å². The number of nitrogens with one attached hydrogen (secondary N) is 1. The van der Waals surface area contributed by atoms with Crippen LogP contribution in [0.15, 0.2) is 48.5 Å². The lowest BCUT2D eigenvalue weighted by molar-refractivity contribution is -0.141. The Morgan fingerprint density at radius 1 is 1.02 bits per heavy atom. The number of benzene rings is 2. The predicted molar refractivity (Wildman–Crippen MR) is 162 cm³/mol. The van der Waals surface area contributed by atoms with Gasteiger partial charge in [-0.25, -0.2) is 8.42 Å². The van der Waals surface area contributed by atoms with E-state index in [9.17, 15) is 18.0 Å². The summed E-state index contributed by atoms with van der Waals surface area (Å²) in [5, 5.41) is 3.19. The van der Waals surface area contributed by atoms with E-state index in [1.807, 2.05) is 38.1 Å². The molecule has 0 bridgehead atoms. The normalized spacial score (nSPS) is 14.6. The molecule has 1 atom stereocenters. The molecule has 0 radical (unpaired) electrons. The van der Waals surface area contributed by atoms with Gasteiger partial charge in [0.1, 0.15) is 17.5 Å². The first-order valence-corrected chi connectivity index (χ1v) is 16.4. The molecule has 0 aliphatic heterocycles. The number of rotatable bonds is 15. The van der Waals surface area contributed by atoms with Crippen LogP contribution >= 0.6 is 0 Å². The Labute approximate surface area is 245 Å². The summed E-state index contributed by atoms with van der Waals surface area (Å²) in [6, 6.07) is 13.8. The van der Waals surface area contributed by atoms with Gasteiger partial charge in [0.15, 0.2) is 0 Å². The zero-order valence-corrected chi connectivity index (χ0v) is 25.6. The predicted octanol–water partition coefficient (Wildman–Crippen LogP) is 4.90. The molecule has 0 unspecified atom stereocenters. The van der Waals surface area contributed by atoms with E-state index in [1.54, 1.807) is 36.3 Å². The van der Waals surface area contributed by atoms with Crippen molar-refractivity contribution in [3.63, 3.8) is 0 Å². The number of anilines is 1. The van der Waals surface area contributed by atoms with E-state index in [1.165, 1.54) is 10.7 Å². The molecule has 9 nitrogen and oxygen atoms in total. The third kappa shape index (κ3) is 9.66. The Hall–Kier alpha value is -3.27. The number of sulfonamides is 1. The first-order valence-electron chi connectivity index (χ1n) is 14.6. The van der Waals surface area contributed by atoms with Gasteiger partial charge in [0.2, 0.25) is 21.8 Å². The van der Waals surface area contributed by atoms with Crippen molar-refractivity contribution in [3.05, 3.63) is 54.1 Å². The molecule has 1 aliphatic rings. The smallest absolute Gasteiger partial charge is 0.243 e. The summed E-state index contributed by atoms with van der Waals surface area (Å²) < 4.78 is 37.4. The van der Waals surface area contributed by atoms with Crippen molar-refractivity contribution in [2.75, 3.05) is 30.8 Å². The summed E-state index contributed by atoms with van der Waals surface area (Å²) in [4.78, 5) is 28.8. The van der Waals surface area contributed by atoms with E-state index in [2.05, 4.69) is 5.32 Å². The quantitative estimate of drug-likeness (QED) is 0.318. The van der Waals surface area contributed by atoms with Crippen molar-refractivity contribution in [2.45, 2.75) is 83.8 Å². The van der Waals surface area contributed by atoms with E-state index < -0.39 is 16.1 Å². The van der Waals surface area contributed by atoms with Crippen molar-refractivity contribution < 1.29 is 27.5 Å². The van der Waals surface area contributed by atoms with Gasteiger partial charge in [-0.05, 0) is 74.6 Å². The molecule has 0 spiro atoms. The number of ether oxygens (including phenoxy) is 2. The molecule has 10 heteroatoms. The second kappa shape index (κ2) is 15.7. The van der Waals surface area contributed by atoms with Gasteiger partial charge >= 0.3 is 0 Å². The fraction of sp³-hybridized carbons (Fsp3) is 0.548. The number of amides is 2. The van der Waals surface area contributed by atoms with Crippen molar-refractivity contribution in [2.24, 2.45) is 0 Å². The molecule has 0 saturated heterocycles. The summed E-state index contributed by atoms with van der Waals surface area (Å²) in [5.41, 5.74) is 1.36. The largest absolute Gasteiger partial charge is 0.497 e. The van der Waals surface area contributed by atoms with Gasteiger partial charge in [-0.2, -0.15) is 0 Å². The second-order valence-electron chi connectivity index (χ2n) is 10.5. The average Bonchev–Trinajstić information content (AvgIpc) is 2.96. The van der Waals surface area contributed by atoms with Crippen LogP contribution in [0.3, 0.4) is 0 Å². The highest BCUT2D eigenvalue weighted by atomic mass is 32.2. The van der Waals surface area contributed by atoms with Crippen molar-refractivity contribution in [3.8, 4) is 11.5 Å². The second-order valence-corrected chi connectivity index (χ2v) is 12.4. The van der Waals surface area contributed by atoms with Crippen LogP contribution in [0.5, 0.6) is 11.5 Å². The van der Waals surface area contributed by atoms with E-state index in [0.29, 0.717) is 36.6 Å². The first kappa shape index (κ1) is 32.2. The maximum atomic E-state index is 13.7. The van der Waals surface area contributed by atoms with E-state index in [0.717, 1.165) is 37.5 Å². The molecule has 0 aromatic heterocycles. The van der Waals surface area contributed by atoms with Gasteiger partial charge in [0.05, 0.1) is 25.7 Å². The fourth-order valence-corrected chi connectivity index (χ4v) is 6.28. The lowest BCUT2D eigenvalue weighted by Gasteiger charge is -2.33. The number of hydrogen-bond donors (Lipinski definition) is 1. The van der Waals surface area contributed by atoms with Crippen LogP contribution in [-0.2, 0) is 26.2 Å². The molecular formula is C31H45N3O6S. The molecule has 3 rings (SSSR count). The summed E-state index contributed by atoms with van der Waals surface area (Å²) in [7, 11) is -1.99. The van der Waals surface area contributed by atoms with Crippen molar-refractivity contribution >= 4 is 27.5 Å². The van der Waals surface area contributed by atoms with Gasteiger partial charge in [0, 0.05) is 25.6 Å². The van der Waals surface area contributed by atoms with Gasteiger partial charge in [0.25, 0.3) is 0 Å². The minimum atomic E-state index is -3.58. The van der Waals surface area contributed by atoms with Crippen LogP contribution in [0, 0.1) is 0 Å². The molecule has 1 fully saturated rings. The lowest BCUT2D eigenvalue weighted by Crippen LogP contribution is -2.51. The molecular weight excluding hydrogens is 542 g/mol. The van der Waals surface area contributed by atoms with Gasteiger partial charge < -0.3 is 19.7 Å². The summed E-state index contributed by atoms with van der Waals surface area (Å²) in [5.74, 6) is 1.00. The minimum absolute atomic E-state index is 0.0974. The molecule has 2 amide bonds. The van der Waals surface area contributed by atoms with Crippen LogP contribution in [-0.4, -0.2) is 63.7 Å². The minimum Gasteiger partial charge on any atom is -0.497 e. The van der Waals surface area contributed by atoms with Crippen LogP contribution in [0.25, 0.3) is 0 Å². The molecule has 2 aromatic carbocycles. The lowest BCUT2D eigenvalue weighted by atomic mass is 9.95. The van der Waals surface area contributed by atoms with Crippen LogP contribution in [0.2, 0.25) is 0 Å². The SMILES string of the molecule is CCOc1ccc(N(CCCC(=O)N(Cc2cccc(OC)c2)[C@H](CC)C(=O)NC2CCCCC2)S(C)(=O)=O)cc1. The number of carbonyl (C=O) groups is 2. The first-order chi connectivity index (χ1) is 19.7. The molecule has 226 valence electrons. The van der Waals surface area contributed by atoms with Crippen molar-refractivity contribution in [1.82, 2.24) is 10.2 Å². The zero-order chi connectivity index (χ0) is 29.8. The highest BCUT2D eigenvalue weighted by molar-refractivity contribution is 7.92. The Morgan fingerprint density at radius 3 is 2.34 bits per heavy atom. The summed E-state index contributed by atoms with van der Waals surface area (Å²) in [6.07, 6.45) is 7.31. The highest BCUT2D eigenvalue weighted by Crippen LogP contribution is 2.24. The maximum absolute atomic E-state index is 13.7. The van der Waals surface area contributed by atoms with Gasteiger partial charge in [-0.1, -0.05) is 38.3 Å². The standard InChI is InChI=1S/C31H45N3O6S/c1-5-29(31(36)32-25-13-8-7-9-14-25)33(23-24-12-10-15-28(22-24)39-3)30(35)16-11-21-34(41(4,37)38)26-17-19-27(20-18-26)40-6-2/h10,12,15,17-20,22,25,29H,5-9,11,13-14,16,21,23H2,1-4H3,(H,32,36)/t29-/m1/s1.